The molecule has 4 heteroatoms. The fourth-order valence-corrected chi connectivity index (χ4v) is 6.92. The van der Waals surface area contributed by atoms with E-state index in [2.05, 4.69) is 139 Å². The van der Waals surface area contributed by atoms with Crippen molar-refractivity contribution in [1.29, 1.82) is 0 Å². The molecule has 208 valence electrons. The van der Waals surface area contributed by atoms with E-state index in [1.54, 1.807) is 6.20 Å². The first kappa shape index (κ1) is 26.2. The lowest BCUT2D eigenvalue weighted by Gasteiger charge is -2.12. The average Bonchev–Trinajstić information content (AvgIpc) is 3.47. The zero-order chi connectivity index (χ0) is 29.5. The summed E-state index contributed by atoms with van der Waals surface area (Å²) < 4.78 is 2.64. The topological polar surface area (TPSA) is 38.7 Å². The Labute approximate surface area is 260 Å². The van der Waals surface area contributed by atoms with Crippen LogP contribution >= 0.6 is 11.3 Å². The molecule has 8 rings (SSSR count). The number of nitrogens with zero attached hydrogens (tertiary/aromatic N) is 3. The maximum absolute atomic E-state index is 5.11. The van der Waals surface area contributed by atoms with E-state index in [1.165, 1.54) is 36.9 Å². The second kappa shape index (κ2) is 11.0. The van der Waals surface area contributed by atoms with Crippen LogP contribution < -0.4 is 0 Å². The van der Waals surface area contributed by atoms with E-state index in [9.17, 15) is 0 Å². The third-order valence-corrected chi connectivity index (χ3v) is 9.31. The van der Waals surface area contributed by atoms with E-state index in [0.717, 1.165) is 39.2 Å². The highest BCUT2D eigenvalue weighted by Gasteiger charge is 2.13. The summed E-state index contributed by atoms with van der Waals surface area (Å²) in [5.41, 5.74) is 10.7. The Morgan fingerprint density at radius 3 is 2.05 bits per heavy atom. The summed E-state index contributed by atoms with van der Waals surface area (Å²) in [4.78, 5) is 14.5. The Morgan fingerprint density at radius 2 is 1.18 bits per heavy atom. The summed E-state index contributed by atoms with van der Waals surface area (Å²) in [6.07, 6.45) is 3.68. The Hall–Kier alpha value is -5.45. The van der Waals surface area contributed by atoms with Crippen molar-refractivity contribution in [2.75, 3.05) is 0 Å². The molecule has 0 unspecified atom stereocenters. The van der Waals surface area contributed by atoms with Crippen LogP contribution in [-0.2, 0) is 0 Å². The van der Waals surface area contributed by atoms with Gasteiger partial charge in [-0.2, -0.15) is 0 Å². The first-order valence-corrected chi connectivity index (χ1v) is 15.5. The Morgan fingerprint density at radius 1 is 0.477 bits per heavy atom. The zero-order valence-corrected chi connectivity index (χ0v) is 24.9. The number of rotatable bonds is 5. The van der Waals surface area contributed by atoms with E-state index in [-0.39, 0.29) is 0 Å². The molecule has 0 aliphatic rings. The summed E-state index contributed by atoms with van der Waals surface area (Å²) in [7, 11) is 0. The molecule has 0 saturated carbocycles. The van der Waals surface area contributed by atoms with Crippen molar-refractivity contribution in [3.63, 3.8) is 0 Å². The Balaban J connectivity index is 1.21. The van der Waals surface area contributed by atoms with Gasteiger partial charge in [-0.25, -0.2) is 9.97 Å². The van der Waals surface area contributed by atoms with Crippen molar-refractivity contribution in [3.8, 4) is 56.2 Å². The van der Waals surface area contributed by atoms with Gasteiger partial charge in [-0.3, -0.25) is 4.98 Å². The van der Waals surface area contributed by atoms with Gasteiger partial charge in [0.15, 0.2) is 5.82 Å². The molecular formula is C40H27N3S. The minimum absolute atomic E-state index is 0.699. The maximum atomic E-state index is 5.11. The quantitative estimate of drug-likeness (QED) is 0.203. The molecule has 5 aromatic carbocycles. The number of thiophene rings is 1. The van der Waals surface area contributed by atoms with Crippen LogP contribution in [-0.4, -0.2) is 15.0 Å². The third kappa shape index (κ3) is 4.85. The lowest BCUT2D eigenvalue weighted by atomic mass is 9.99. The summed E-state index contributed by atoms with van der Waals surface area (Å²) in [5, 5.41) is 2.62. The second-order valence-corrected chi connectivity index (χ2v) is 12.1. The van der Waals surface area contributed by atoms with Crippen LogP contribution in [0.5, 0.6) is 0 Å². The minimum Gasteiger partial charge on any atom is -0.264 e. The zero-order valence-electron chi connectivity index (χ0n) is 24.1. The van der Waals surface area contributed by atoms with Crippen LogP contribution in [0.15, 0.2) is 146 Å². The standard InChI is InChI=1S/C40H27N3S/c1-26-8-2-3-12-33(26)37-24-36(42-40(43-37)31-10-6-9-29(22-31)32-11-7-21-41-25-32)28-17-15-27(16-18-28)30-19-20-39-35(23-30)34-13-4-5-14-38(34)44-39/h2-25H,1H3. The molecule has 0 radical (unpaired) electrons. The summed E-state index contributed by atoms with van der Waals surface area (Å²) in [6, 6.07) is 47.1. The molecule has 8 aromatic rings. The first-order chi connectivity index (χ1) is 21.7. The van der Waals surface area contributed by atoms with Gasteiger partial charge >= 0.3 is 0 Å². The molecule has 0 amide bonds. The number of hydrogen-bond donors (Lipinski definition) is 0. The minimum atomic E-state index is 0.699. The van der Waals surface area contributed by atoms with Crippen LogP contribution in [0.4, 0.5) is 0 Å². The van der Waals surface area contributed by atoms with Gasteiger partial charge in [0, 0.05) is 54.8 Å². The molecule has 0 aliphatic carbocycles. The van der Waals surface area contributed by atoms with Crippen molar-refractivity contribution >= 4 is 31.5 Å². The highest BCUT2D eigenvalue weighted by atomic mass is 32.1. The maximum Gasteiger partial charge on any atom is 0.160 e. The number of aromatic nitrogens is 3. The summed E-state index contributed by atoms with van der Waals surface area (Å²) in [6.45, 7) is 2.13. The van der Waals surface area contributed by atoms with E-state index in [0.29, 0.717) is 5.82 Å². The van der Waals surface area contributed by atoms with Gasteiger partial charge in [-0.1, -0.05) is 97.1 Å². The Kier molecular flexibility index (Phi) is 6.55. The van der Waals surface area contributed by atoms with Crippen LogP contribution in [0.2, 0.25) is 0 Å². The lowest BCUT2D eigenvalue weighted by molar-refractivity contribution is 1.18. The number of benzene rings is 5. The van der Waals surface area contributed by atoms with Crippen LogP contribution in [0.3, 0.4) is 0 Å². The average molecular weight is 582 g/mol. The van der Waals surface area contributed by atoms with Crippen LogP contribution in [0.25, 0.3) is 76.3 Å². The van der Waals surface area contributed by atoms with Gasteiger partial charge in [-0.15, -0.1) is 11.3 Å². The number of fused-ring (bicyclic) bond motifs is 3. The van der Waals surface area contributed by atoms with E-state index >= 15 is 0 Å². The number of aryl methyl sites for hydroxylation is 1. The molecule has 0 spiro atoms. The van der Waals surface area contributed by atoms with Crippen molar-refractivity contribution in [2.45, 2.75) is 6.92 Å². The predicted octanol–water partition coefficient (Wildman–Crippen LogP) is 10.9. The normalized spacial score (nSPS) is 11.3. The molecule has 0 saturated heterocycles. The largest absolute Gasteiger partial charge is 0.264 e. The van der Waals surface area contributed by atoms with Crippen molar-refractivity contribution < 1.29 is 0 Å². The van der Waals surface area contributed by atoms with E-state index in [1.807, 2.05) is 23.6 Å². The summed E-state index contributed by atoms with van der Waals surface area (Å²) in [5.74, 6) is 0.699. The monoisotopic (exact) mass is 581 g/mol. The van der Waals surface area contributed by atoms with Gasteiger partial charge < -0.3 is 0 Å². The number of hydrogen-bond acceptors (Lipinski definition) is 4. The summed E-state index contributed by atoms with van der Waals surface area (Å²) >= 11 is 1.85. The molecule has 0 fully saturated rings. The van der Waals surface area contributed by atoms with Gasteiger partial charge in [0.2, 0.25) is 0 Å². The highest BCUT2D eigenvalue weighted by Crippen LogP contribution is 2.37. The van der Waals surface area contributed by atoms with Gasteiger partial charge in [-0.05, 0) is 65.6 Å². The molecule has 44 heavy (non-hydrogen) atoms. The lowest BCUT2D eigenvalue weighted by Crippen LogP contribution is -1.97. The molecule has 3 nitrogen and oxygen atoms in total. The Bertz CT molecular complexity index is 2290. The fourth-order valence-electron chi connectivity index (χ4n) is 5.83. The molecule has 0 atom stereocenters. The molecular weight excluding hydrogens is 555 g/mol. The smallest absolute Gasteiger partial charge is 0.160 e. The van der Waals surface area contributed by atoms with Gasteiger partial charge in [0.25, 0.3) is 0 Å². The van der Waals surface area contributed by atoms with Gasteiger partial charge in [0.1, 0.15) is 0 Å². The highest BCUT2D eigenvalue weighted by molar-refractivity contribution is 7.25. The van der Waals surface area contributed by atoms with E-state index < -0.39 is 0 Å². The van der Waals surface area contributed by atoms with Crippen LogP contribution in [0, 0.1) is 6.92 Å². The fraction of sp³-hybridized carbons (Fsp3) is 0.0250. The van der Waals surface area contributed by atoms with Gasteiger partial charge in [0.05, 0.1) is 11.4 Å². The number of pyridine rings is 1. The van der Waals surface area contributed by atoms with Crippen molar-refractivity contribution in [1.82, 2.24) is 15.0 Å². The molecule has 0 bridgehead atoms. The van der Waals surface area contributed by atoms with Crippen molar-refractivity contribution in [2.24, 2.45) is 0 Å². The first-order valence-electron chi connectivity index (χ1n) is 14.7. The molecule has 3 aromatic heterocycles. The van der Waals surface area contributed by atoms with Crippen LogP contribution in [0.1, 0.15) is 5.56 Å². The SMILES string of the molecule is Cc1ccccc1-c1cc(-c2ccc(-c3ccc4sc5ccccc5c4c3)cc2)nc(-c2cccc(-c3cccnc3)c2)n1. The third-order valence-electron chi connectivity index (χ3n) is 8.15. The van der Waals surface area contributed by atoms with Crippen molar-refractivity contribution in [3.05, 3.63) is 151 Å². The molecule has 0 N–H and O–H groups in total. The van der Waals surface area contributed by atoms with E-state index in [4.69, 9.17) is 9.97 Å². The predicted molar refractivity (Wildman–Crippen MR) is 185 cm³/mol. The molecule has 0 aliphatic heterocycles. The second-order valence-electron chi connectivity index (χ2n) is 11.0. The molecule has 3 heterocycles.